The predicted octanol–water partition coefficient (Wildman–Crippen LogP) is 6.47. The Balaban J connectivity index is 0.000000221. The van der Waals surface area contributed by atoms with Crippen molar-refractivity contribution in [1.29, 1.82) is 0 Å². The third-order valence-electron chi connectivity index (χ3n) is 4.50. The topological polar surface area (TPSA) is 25.2 Å². The van der Waals surface area contributed by atoms with Gasteiger partial charge in [0, 0.05) is 0 Å². The van der Waals surface area contributed by atoms with Crippen LogP contribution in [-0.4, -0.2) is 24.1 Å². The Hall–Kier alpha value is -2.03. The molecule has 2 nitrogen and oxygen atoms in total. The maximum atomic E-state index is 5.65. The van der Waals surface area contributed by atoms with Gasteiger partial charge in [-0.15, -0.1) is 0 Å². The number of pyridine rings is 1. The Morgan fingerprint density at radius 3 is 1.74 bits per heavy atom. The van der Waals surface area contributed by atoms with Crippen LogP contribution in [0.15, 0.2) is 41.5 Å². The van der Waals surface area contributed by atoms with E-state index in [2.05, 4.69) is 48.1 Å². The van der Waals surface area contributed by atoms with Gasteiger partial charge in [0.1, 0.15) is 0 Å². The summed E-state index contributed by atoms with van der Waals surface area (Å²) in [5.41, 5.74) is 6.16. The Labute approximate surface area is 167 Å². The number of hydrogen-bond donors (Lipinski definition) is 0. The zero-order valence-electron chi connectivity index (χ0n) is 17.8. The average molecular weight is 361 g/mol. The van der Waals surface area contributed by atoms with Crippen LogP contribution in [0.1, 0.15) is 74.8 Å². The minimum absolute atomic E-state index is 0.764. The molecule has 1 aromatic heterocycles. The molecule has 143 valence electrons. The van der Waals surface area contributed by atoms with Crippen LogP contribution < -0.4 is 0 Å². The first kappa shape index (κ1) is 23.0. The Morgan fingerprint density at radius 2 is 1.37 bits per heavy atom. The SMILES string of the molecule is C1CCCCC1.Cc1ccc(C)cc1.[B]=C(C)c1cnc(C)c(N=CC)c1. The molecule has 1 aliphatic carbocycles. The minimum atomic E-state index is 0.764. The first-order valence-electron chi connectivity index (χ1n) is 10.0. The van der Waals surface area contributed by atoms with E-state index in [0.29, 0.717) is 0 Å². The Morgan fingerprint density at radius 1 is 0.926 bits per heavy atom. The van der Waals surface area contributed by atoms with Crippen molar-refractivity contribution < 1.29 is 0 Å². The zero-order valence-corrected chi connectivity index (χ0v) is 17.8. The van der Waals surface area contributed by atoms with Gasteiger partial charge in [-0.2, -0.15) is 0 Å². The van der Waals surface area contributed by atoms with Crippen LogP contribution >= 0.6 is 0 Å². The monoisotopic (exact) mass is 361 g/mol. The van der Waals surface area contributed by atoms with Gasteiger partial charge in [-0.3, -0.25) is 0 Å². The van der Waals surface area contributed by atoms with Crippen LogP contribution in [0.25, 0.3) is 0 Å². The van der Waals surface area contributed by atoms with E-state index >= 15 is 0 Å². The summed E-state index contributed by atoms with van der Waals surface area (Å²) in [5, 5.41) is 0. The number of rotatable bonds is 2. The molecule has 1 radical (unpaired) electrons. The van der Waals surface area contributed by atoms with Crippen LogP contribution in [0, 0.1) is 20.8 Å². The van der Waals surface area contributed by atoms with Crippen molar-refractivity contribution in [2.24, 2.45) is 4.99 Å². The van der Waals surface area contributed by atoms with Crippen LogP contribution in [-0.2, 0) is 0 Å². The van der Waals surface area contributed by atoms with E-state index in [-0.39, 0.29) is 0 Å². The molecular weight excluding hydrogens is 327 g/mol. The number of hydrogen-bond acceptors (Lipinski definition) is 2. The molecule has 0 unspecified atom stereocenters. The first-order valence-corrected chi connectivity index (χ1v) is 10.0. The van der Waals surface area contributed by atoms with Crippen molar-refractivity contribution in [2.45, 2.75) is 73.1 Å². The quantitative estimate of drug-likeness (QED) is 0.445. The van der Waals surface area contributed by atoms with Crippen molar-refractivity contribution >= 4 is 24.9 Å². The summed E-state index contributed by atoms with van der Waals surface area (Å²) in [6.45, 7) is 9.85. The summed E-state index contributed by atoms with van der Waals surface area (Å²) in [4.78, 5) is 8.40. The Bertz CT molecular complexity index is 681. The average Bonchev–Trinajstić information content (AvgIpc) is 2.68. The van der Waals surface area contributed by atoms with E-state index in [1.165, 1.54) is 49.7 Å². The van der Waals surface area contributed by atoms with E-state index in [1.54, 1.807) is 12.4 Å². The molecule has 1 fully saturated rings. The standard InChI is InChI=1S/C10H12BN2.C8H10.C6H12/c1-4-12-10-5-9(7(2)11)6-13-8(10)3;1-7-3-5-8(2)6-4-7;1-2-4-6-5-3-1/h4-6H,1-3H3;3-6H,1-2H3;1-6H2. The van der Waals surface area contributed by atoms with Crippen molar-refractivity contribution in [3.63, 3.8) is 0 Å². The van der Waals surface area contributed by atoms with Gasteiger partial charge in [0.2, 0.25) is 0 Å². The number of aromatic nitrogens is 1. The van der Waals surface area contributed by atoms with E-state index in [9.17, 15) is 0 Å². The van der Waals surface area contributed by atoms with Crippen molar-refractivity contribution in [3.8, 4) is 0 Å². The number of aliphatic imine (C=N–C) groups is 1. The fourth-order valence-corrected chi connectivity index (χ4v) is 2.70. The number of nitrogens with zero attached hydrogens (tertiary/aromatic N) is 2. The van der Waals surface area contributed by atoms with Gasteiger partial charge >= 0.3 is 79.1 Å². The van der Waals surface area contributed by atoms with Crippen LogP contribution in [0.4, 0.5) is 5.69 Å². The van der Waals surface area contributed by atoms with Gasteiger partial charge < -0.3 is 0 Å². The molecule has 0 atom stereocenters. The van der Waals surface area contributed by atoms with Gasteiger partial charge in [-0.05, 0) is 13.8 Å². The van der Waals surface area contributed by atoms with Crippen LogP contribution in [0.2, 0.25) is 0 Å². The molecule has 0 N–H and O–H groups in total. The van der Waals surface area contributed by atoms with Gasteiger partial charge in [0.05, 0.1) is 0 Å². The molecule has 1 aromatic carbocycles. The number of benzene rings is 1. The van der Waals surface area contributed by atoms with Crippen LogP contribution in [0.3, 0.4) is 0 Å². The molecule has 3 rings (SSSR count). The second-order valence-electron chi connectivity index (χ2n) is 7.17. The molecule has 2 aromatic rings. The normalized spacial score (nSPS) is 13.2. The molecule has 1 saturated carbocycles. The molecule has 0 spiro atoms. The molecule has 0 amide bonds. The van der Waals surface area contributed by atoms with Crippen LogP contribution in [0.5, 0.6) is 0 Å². The third-order valence-corrected chi connectivity index (χ3v) is 4.50. The summed E-state index contributed by atoms with van der Waals surface area (Å²) >= 11 is 0. The van der Waals surface area contributed by atoms with E-state index in [4.69, 9.17) is 7.49 Å². The molecule has 0 bridgehead atoms. The molecule has 27 heavy (non-hydrogen) atoms. The summed E-state index contributed by atoms with van der Waals surface area (Å²) < 4.78 is 0. The van der Waals surface area contributed by atoms with Crippen molar-refractivity contribution in [3.05, 3.63) is 58.9 Å². The van der Waals surface area contributed by atoms with E-state index < -0.39 is 0 Å². The molecular formula is C24H34BN2. The van der Waals surface area contributed by atoms with Gasteiger partial charge in [-0.25, -0.2) is 0 Å². The summed E-state index contributed by atoms with van der Waals surface area (Å²) in [6.07, 6.45) is 12.5. The van der Waals surface area contributed by atoms with Crippen molar-refractivity contribution in [2.75, 3.05) is 0 Å². The summed E-state index contributed by atoms with van der Waals surface area (Å²) in [6, 6.07) is 10.4. The zero-order chi connectivity index (χ0) is 20.1. The predicted molar refractivity (Wildman–Crippen MR) is 122 cm³/mol. The molecule has 0 saturated heterocycles. The van der Waals surface area contributed by atoms with Gasteiger partial charge in [0.15, 0.2) is 0 Å². The second kappa shape index (κ2) is 13.2. The summed E-state index contributed by atoms with van der Waals surface area (Å²) in [5.74, 6) is 0. The number of aryl methyl sites for hydroxylation is 3. The fourth-order valence-electron chi connectivity index (χ4n) is 2.70. The van der Waals surface area contributed by atoms with E-state index in [0.717, 1.165) is 22.4 Å². The molecule has 0 aliphatic heterocycles. The third kappa shape index (κ3) is 10.0. The van der Waals surface area contributed by atoms with Gasteiger partial charge in [0.25, 0.3) is 0 Å². The summed E-state index contributed by atoms with van der Waals surface area (Å²) in [7, 11) is 5.65. The Kier molecular flexibility index (Phi) is 11.2. The maximum absolute atomic E-state index is 5.65. The van der Waals surface area contributed by atoms with Gasteiger partial charge in [-0.1, -0.05) is 73.9 Å². The molecule has 3 heteroatoms. The first-order chi connectivity index (χ1) is 12.9. The van der Waals surface area contributed by atoms with E-state index in [1.807, 2.05) is 26.8 Å². The molecule has 1 heterocycles. The second-order valence-corrected chi connectivity index (χ2v) is 7.17. The fraction of sp³-hybridized carbons (Fsp3) is 0.458. The molecule has 1 aliphatic rings. The van der Waals surface area contributed by atoms with Crippen molar-refractivity contribution in [1.82, 2.24) is 4.98 Å².